The van der Waals surface area contributed by atoms with Crippen LogP contribution in [-0.2, 0) is 19.2 Å². The Morgan fingerprint density at radius 1 is 1.04 bits per heavy atom. The Hall–Kier alpha value is -2.94. The van der Waals surface area contributed by atoms with Gasteiger partial charge in [0.05, 0.1) is 0 Å². The van der Waals surface area contributed by atoms with Crippen molar-refractivity contribution in [1.82, 2.24) is 4.90 Å². The highest BCUT2D eigenvalue weighted by Gasteiger charge is 2.23. The molecule has 9 nitrogen and oxygen atoms in total. The van der Waals surface area contributed by atoms with E-state index in [1.54, 1.807) is 0 Å². The standard InChI is InChI=1S/C15H21N3O2.C2H2O4/c16-15(20)12-6-9-18(10-7-12)11-8-14(19)17-13-4-2-1-3-5-13;3-1(4)2(5)6/h1-5,12H,6-11H2,(H2,16,20)(H,17,19);(H,3,4)(H,5,6). The van der Waals surface area contributed by atoms with Gasteiger partial charge in [-0.2, -0.15) is 0 Å². The average molecular weight is 365 g/mol. The number of nitrogens with two attached hydrogens (primary N) is 1. The molecule has 0 radical (unpaired) electrons. The van der Waals surface area contributed by atoms with Crippen molar-refractivity contribution < 1.29 is 29.4 Å². The Morgan fingerprint density at radius 2 is 1.58 bits per heavy atom. The molecular weight excluding hydrogens is 342 g/mol. The van der Waals surface area contributed by atoms with Gasteiger partial charge in [0, 0.05) is 24.6 Å². The van der Waals surface area contributed by atoms with Gasteiger partial charge in [-0.3, -0.25) is 9.59 Å². The summed E-state index contributed by atoms with van der Waals surface area (Å²) in [6.45, 7) is 2.41. The maximum absolute atomic E-state index is 11.8. The summed E-state index contributed by atoms with van der Waals surface area (Å²) in [6.07, 6.45) is 2.07. The minimum absolute atomic E-state index is 0.00407. The summed E-state index contributed by atoms with van der Waals surface area (Å²) in [4.78, 5) is 43.3. The monoisotopic (exact) mass is 365 g/mol. The number of primary amides is 1. The minimum Gasteiger partial charge on any atom is -0.473 e. The van der Waals surface area contributed by atoms with Crippen LogP contribution in [0.4, 0.5) is 5.69 Å². The molecule has 5 N–H and O–H groups in total. The molecule has 1 heterocycles. The Morgan fingerprint density at radius 3 is 2.04 bits per heavy atom. The maximum Gasteiger partial charge on any atom is 0.414 e. The van der Waals surface area contributed by atoms with E-state index in [1.165, 1.54) is 0 Å². The van der Waals surface area contributed by atoms with E-state index in [-0.39, 0.29) is 17.7 Å². The van der Waals surface area contributed by atoms with Gasteiger partial charge in [0.2, 0.25) is 11.8 Å². The molecule has 1 aromatic rings. The van der Waals surface area contributed by atoms with Crippen LogP contribution in [0.2, 0.25) is 0 Å². The topological polar surface area (TPSA) is 150 Å². The molecule has 1 saturated heterocycles. The number of carbonyl (C=O) groups excluding carboxylic acids is 2. The lowest BCUT2D eigenvalue weighted by Crippen LogP contribution is -2.39. The van der Waals surface area contributed by atoms with Crippen LogP contribution in [0.15, 0.2) is 30.3 Å². The highest BCUT2D eigenvalue weighted by atomic mass is 16.4. The van der Waals surface area contributed by atoms with Crippen LogP contribution < -0.4 is 11.1 Å². The van der Waals surface area contributed by atoms with Crippen LogP contribution in [0, 0.1) is 5.92 Å². The largest absolute Gasteiger partial charge is 0.473 e. The number of hydrogen-bond donors (Lipinski definition) is 4. The first kappa shape index (κ1) is 21.1. The molecule has 1 aromatic carbocycles. The van der Waals surface area contributed by atoms with Gasteiger partial charge in [0.1, 0.15) is 0 Å². The Balaban J connectivity index is 0.000000487. The summed E-state index contributed by atoms with van der Waals surface area (Å²) >= 11 is 0. The van der Waals surface area contributed by atoms with E-state index >= 15 is 0 Å². The summed E-state index contributed by atoms with van der Waals surface area (Å²) in [5.41, 5.74) is 6.12. The number of piperidine rings is 1. The first-order chi connectivity index (χ1) is 12.3. The SMILES string of the molecule is NC(=O)C1CCN(CCC(=O)Nc2ccccc2)CC1.O=C(O)C(=O)O. The zero-order valence-electron chi connectivity index (χ0n) is 14.3. The number of aliphatic carboxylic acids is 2. The average Bonchev–Trinajstić information content (AvgIpc) is 2.61. The molecule has 0 unspecified atom stereocenters. The third-order valence-corrected chi connectivity index (χ3v) is 3.89. The number of carbonyl (C=O) groups is 4. The number of rotatable bonds is 5. The number of amides is 2. The number of carboxylic acid groups (broad SMARTS) is 2. The lowest BCUT2D eigenvalue weighted by molar-refractivity contribution is -0.159. The first-order valence-corrected chi connectivity index (χ1v) is 8.12. The van der Waals surface area contributed by atoms with Crippen molar-refractivity contribution >= 4 is 29.4 Å². The fourth-order valence-electron chi connectivity index (χ4n) is 2.45. The quantitative estimate of drug-likeness (QED) is 0.550. The van der Waals surface area contributed by atoms with Crippen molar-refractivity contribution in [3.8, 4) is 0 Å². The summed E-state index contributed by atoms with van der Waals surface area (Å²) in [5.74, 6) is -3.82. The van der Waals surface area contributed by atoms with Crippen LogP contribution in [0.3, 0.4) is 0 Å². The van der Waals surface area contributed by atoms with Crippen molar-refractivity contribution in [1.29, 1.82) is 0 Å². The highest BCUT2D eigenvalue weighted by Crippen LogP contribution is 2.16. The Bertz CT molecular complexity index is 615. The second-order valence-corrected chi connectivity index (χ2v) is 5.79. The minimum atomic E-state index is -1.82. The van der Waals surface area contributed by atoms with Crippen LogP contribution in [0.1, 0.15) is 19.3 Å². The third-order valence-electron chi connectivity index (χ3n) is 3.89. The Kier molecular flexibility index (Phi) is 8.79. The lowest BCUT2D eigenvalue weighted by Gasteiger charge is -2.30. The van der Waals surface area contributed by atoms with Gasteiger partial charge in [0.15, 0.2) is 0 Å². The van der Waals surface area contributed by atoms with Gasteiger partial charge in [-0.15, -0.1) is 0 Å². The van der Waals surface area contributed by atoms with Crippen molar-refractivity contribution in [2.24, 2.45) is 11.7 Å². The summed E-state index contributed by atoms with van der Waals surface area (Å²) in [7, 11) is 0. The summed E-state index contributed by atoms with van der Waals surface area (Å²) in [6, 6.07) is 9.44. The van der Waals surface area contributed by atoms with E-state index in [0.717, 1.165) is 38.2 Å². The lowest BCUT2D eigenvalue weighted by atomic mass is 9.96. The van der Waals surface area contributed by atoms with Crippen molar-refractivity contribution in [3.63, 3.8) is 0 Å². The molecule has 1 aliphatic rings. The normalized spacial score (nSPS) is 14.6. The van der Waals surface area contributed by atoms with E-state index in [2.05, 4.69) is 10.2 Å². The van der Waals surface area contributed by atoms with Crippen molar-refractivity contribution in [2.75, 3.05) is 25.0 Å². The molecule has 0 atom stereocenters. The Labute approximate surface area is 150 Å². The van der Waals surface area contributed by atoms with E-state index in [0.29, 0.717) is 6.42 Å². The molecule has 2 amide bonds. The van der Waals surface area contributed by atoms with Crippen LogP contribution in [-0.4, -0.2) is 58.5 Å². The summed E-state index contributed by atoms with van der Waals surface area (Å²) in [5, 5.41) is 17.7. The van der Waals surface area contributed by atoms with Crippen molar-refractivity contribution in [3.05, 3.63) is 30.3 Å². The fourth-order valence-corrected chi connectivity index (χ4v) is 2.45. The predicted molar refractivity (Wildman–Crippen MR) is 93.3 cm³/mol. The molecule has 1 fully saturated rings. The second kappa shape index (κ2) is 10.8. The number of likely N-dealkylation sites (tertiary alicyclic amines) is 1. The van der Waals surface area contributed by atoms with E-state index in [1.807, 2.05) is 30.3 Å². The molecule has 0 bridgehead atoms. The van der Waals surface area contributed by atoms with E-state index in [4.69, 9.17) is 25.5 Å². The zero-order valence-corrected chi connectivity index (χ0v) is 14.3. The maximum atomic E-state index is 11.8. The van der Waals surface area contributed by atoms with Crippen LogP contribution >= 0.6 is 0 Å². The fraction of sp³-hybridized carbons (Fsp3) is 0.412. The zero-order chi connectivity index (χ0) is 19.5. The second-order valence-electron chi connectivity index (χ2n) is 5.79. The molecular formula is C17H23N3O6. The molecule has 9 heteroatoms. The van der Waals surface area contributed by atoms with E-state index < -0.39 is 11.9 Å². The molecule has 0 aliphatic carbocycles. The molecule has 0 aromatic heterocycles. The molecule has 26 heavy (non-hydrogen) atoms. The number of para-hydroxylation sites is 1. The molecule has 2 rings (SSSR count). The number of benzene rings is 1. The molecule has 0 saturated carbocycles. The number of nitrogens with zero attached hydrogens (tertiary/aromatic N) is 1. The third kappa shape index (κ3) is 8.25. The van der Waals surface area contributed by atoms with Crippen LogP contribution in [0.25, 0.3) is 0 Å². The highest BCUT2D eigenvalue weighted by molar-refractivity contribution is 6.27. The van der Waals surface area contributed by atoms with Gasteiger partial charge in [0.25, 0.3) is 0 Å². The number of nitrogens with one attached hydrogen (secondary N) is 1. The van der Waals surface area contributed by atoms with Gasteiger partial charge in [-0.05, 0) is 38.1 Å². The van der Waals surface area contributed by atoms with Gasteiger partial charge in [-0.25, -0.2) is 9.59 Å². The molecule has 0 spiro atoms. The molecule has 1 aliphatic heterocycles. The number of carboxylic acids is 2. The summed E-state index contributed by atoms with van der Waals surface area (Å²) < 4.78 is 0. The number of hydrogen-bond acceptors (Lipinski definition) is 5. The van der Waals surface area contributed by atoms with E-state index in [9.17, 15) is 9.59 Å². The first-order valence-electron chi connectivity index (χ1n) is 8.12. The predicted octanol–water partition coefficient (Wildman–Crippen LogP) is 0.368. The molecule has 142 valence electrons. The van der Waals surface area contributed by atoms with Gasteiger partial charge < -0.3 is 26.2 Å². The van der Waals surface area contributed by atoms with Gasteiger partial charge in [-0.1, -0.05) is 18.2 Å². The van der Waals surface area contributed by atoms with Crippen LogP contribution in [0.5, 0.6) is 0 Å². The van der Waals surface area contributed by atoms with Crippen molar-refractivity contribution in [2.45, 2.75) is 19.3 Å². The van der Waals surface area contributed by atoms with Gasteiger partial charge >= 0.3 is 11.9 Å². The number of anilines is 1. The smallest absolute Gasteiger partial charge is 0.414 e.